The molecule has 0 aromatic heterocycles. The number of nitrogens with zero attached hydrogens (tertiary/aromatic N) is 2. The molecule has 1 unspecified atom stereocenters. The van der Waals surface area contributed by atoms with E-state index in [1.165, 1.54) is 10.4 Å². The number of aryl methyl sites for hydroxylation is 1. The van der Waals surface area contributed by atoms with Crippen LogP contribution in [0.4, 0.5) is 5.69 Å². The molecule has 0 radical (unpaired) electrons. The van der Waals surface area contributed by atoms with Crippen LogP contribution in [0.1, 0.15) is 37.3 Å². The highest BCUT2D eigenvalue weighted by Crippen LogP contribution is 2.32. The summed E-state index contributed by atoms with van der Waals surface area (Å²) in [5.41, 5.74) is 2.54. The summed E-state index contributed by atoms with van der Waals surface area (Å²) in [6, 6.07) is 12.6. The smallest absolute Gasteiger partial charge is 0.246 e. The molecule has 4 rings (SSSR count). The van der Waals surface area contributed by atoms with E-state index in [0.29, 0.717) is 38.5 Å². The second-order valence-electron chi connectivity index (χ2n) is 8.86. The number of hydrogen-bond acceptors (Lipinski definition) is 5. The lowest BCUT2D eigenvalue weighted by atomic mass is 10.1. The zero-order chi connectivity index (χ0) is 24.3. The summed E-state index contributed by atoms with van der Waals surface area (Å²) in [4.78, 5) is 27.2. The first-order chi connectivity index (χ1) is 16.3. The fourth-order valence-electron chi connectivity index (χ4n) is 4.39. The maximum atomic E-state index is 13.2. The van der Waals surface area contributed by atoms with E-state index in [4.69, 9.17) is 4.74 Å². The molecule has 182 valence electrons. The predicted molar refractivity (Wildman–Crippen MR) is 129 cm³/mol. The Labute approximate surface area is 200 Å². The Morgan fingerprint density at radius 2 is 1.82 bits per heavy atom. The van der Waals surface area contributed by atoms with Crippen molar-refractivity contribution in [1.82, 2.24) is 9.21 Å². The van der Waals surface area contributed by atoms with Crippen LogP contribution in [0.15, 0.2) is 47.4 Å². The molecule has 2 heterocycles. The number of carbonyl (C=O) groups excluding carboxylic acids is 2. The van der Waals surface area contributed by atoms with E-state index in [1.54, 1.807) is 24.0 Å². The molecule has 0 spiro atoms. The SMILES string of the molecule is CCOc1ccc(NC(=O)C2CC(=O)N(Cc3ccc(C)cc3)C2)cc1S(=O)(=O)N1CCCC1. The first-order valence-electron chi connectivity index (χ1n) is 11.7. The lowest BCUT2D eigenvalue weighted by Gasteiger charge is -2.19. The highest BCUT2D eigenvalue weighted by Gasteiger charge is 2.35. The van der Waals surface area contributed by atoms with Crippen LogP contribution in [0, 0.1) is 12.8 Å². The zero-order valence-electron chi connectivity index (χ0n) is 19.6. The van der Waals surface area contributed by atoms with Crippen LogP contribution in [-0.4, -0.2) is 55.7 Å². The Hall–Kier alpha value is -2.91. The van der Waals surface area contributed by atoms with E-state index in [1.807, 2.05) is 31.2 Å². The third-order valence-electron chi connectivity index (χ3n) is 6.27. The second kappa shape index (κ2) is 10.1. The molecule has 2 aliphatic heterocycles. The number of amides is 2. The van der Waals surface area contributed by atoms with Crippen LogP contribution in [0.5, 0.6) is 5.75 Å². The minimum atomic E-state index is -3.73. The standard InChI is InChI=1S/C25H31N3O5S/c1-3-33-22-11-10-21(15-23(22)34(31,32)28-12-4-5-13-28)26-25(30)20-14-24(29)27(17-20)16-19-8-6-18(2)7-9-19/h6-11,15,20H,3-5,12-14,16-17H2,1-2H3,(H,26,30). The first kappa shape index (κ1) is 24.2. The number of rotatable bonds is 8. The predicted octanol–water partition coefficient (Wildman–Crippen LogP) is 3.17. The largest absolute Gasteiger partial charge is 0.492 e. The van der Waals surface area contributed by atoms with Gasteiger partial charge < -0.3 is 15.0 Å². The van der Waals surface area contributed by atoms with Crippen molar-refractivity contribution >= 4 is 27.5 Å². The van der Waals surface area contributed by atoms with E-state index < -0.39 is 15.9 Å². The van der Waals surface area contributed by atoms with Gasteiger partial charge in [-0.15, -0.1) is 0 Å². The molecule has 2 aromatic carbocycles. The number of hydrogen-bond donors (Lipinski definition) is 1. The van der Waals surface area contributed by atoms with Crippen molar-refractivity contribution in [1.29, 1.82) is 0 Å². The van der Waals surface area contributed by atoms with Gasteiger partial charge in [0.25, 0.3) is 0 Å². The van der Waals surface area contributed by atoms with Crippen LogP contribution < -0.4 is 10.1 Å². The van der Waals surface area contributed by atoms with Crippen molar-refractivity contribution in [3.8, 4) is 5.75 Å². The second-order valence-corrected chi connectivity index (χ2v) is 10.8. The van der Waals surface area contributed by atoms with Gasteiger partial charge in [-0.1, -0.05) is 29.8 Å². The van der Waals surface area contributed by atoms with E-state index in [9.17, 15) is 18.0 Å². The van der Waals surface area contributed by atoms with E-state index >= 15 is 0 Å². The van der Waals surface area contributed by atoms with E-state index in [0.717, 1.165) is 24.0 Å². The number of anilines is 1. The monoisotopic (exact) mass is 485 g/mol. The molecule has 2 aliphatic rings. The Morgan fingerprint density at radius 3 is 2.50 bits per heavy atom. The molecular formula is C25H31N3O5S. The van der Waals surface area contributed by atoms with E-state index in [-0.39, 0.29) is 28.9 Å². The lowest BCUT2D eigenvalue weighted by Crippen LogP contribution is -2.29. The fourth-order valence-corrected chi connectivity index (χ4v) is 6.06. The fraction of sp³-hybridized carbons (Fsp3) is 0.440. The van der Waals surface area contributed by atoms with Gasteiger partial charge in [-0.05, 0) is 50.5 Å². The molecule has 1 N–H and O–H groups in total. The average Bonchev–Trinajstić information content (AvgIpc) is 3.47. The molecule has 9 heteroatoms. The molecule has 0 aliphatic carbocycles. The van der Waals surface area contributed by atoms with Gasteiger partial charge in [-0.3, -0.25) is 9.59 Å². The maximum absolute atomic E-state index is 13.2. The summed E-state index contributed by atoms with van der Waals surface area (Å²) in [6.07, 6.45) is 1.79. The molecule has 2 amide bonds. The zero-order valence-corrected chi connectivity index (χ0v) is 20.4. The van der Waals surface area contributed by atoms with Gasteiger partial charge in [-0.2, -0.15) is 4.31 Å². The van der Waals surface area contributed by atoms with Crippen molar-refractivity contribution in [3.63, 3.8) is 0 Å². The lowest BCUT2D eigenvalue weighted by molar-refractivity contribution is -0.128. The van der Waals surface area contributed by atoms with Crippen molar-refractivity contribution < 1.29 is 22.7 Å². The van der Waals surface area contributed by atoms with Crippen molar-refractivity contribution in [2.45, 2.75) is 44.6 Å². The van der Waals surface area contributed by atoms with Crippen LogP contribution in [-0.2, 0) is 26.2 Å². The Kier molecular flexibility index (Phi) is 7.23. The first-order valence-corrected chi connectivity index (χ1v) is 13.1. The van der Waals surface area contributed by atoms with E-state index in [2.05, 4.69) is 5.32 Å². The Bertz CT molecular complexity index is 1160. The van der Waals surface area contributed by atoms with Gasteiger partial charge in [0.1, 0.15) is 10.6 Å². The minimum absolute atomic E-state index is 0.0533. The van der Waals surface area contributed by atoms with Crippen molar-refractivity contribution in [3.05, 3.63) is 53.6 Å². The third-order valence-corrected chi connectivity index (χ3v) is 8.19. The number of sulfonamides is 1. The summed E-state index contributed by atoms with van der Waals surface area (Å²) < 4.78 is 33.4. The number of carbonyl (C=O) groups is 2. The Balaban J connectivity index is 1.47. The van der Waals surface area contributed by atoms with Crippen molar-refractivity contribution in [2.75, 3.05) is 31.6 Å². The van der Waals surface area contributed by atoms with Gasteiger partial charge in [0.15, 0.2) is 0 Å². The molecule has 2 fully saturated rings. The van der Waals surface area contributed by atoms with Crippen LogP contribution in [0.3, 0.4) is 0 Å². The summed E-state index contributed by atoms with van der Waals surface area (Å²) >= 11 is 0. The molecule has 0 saturated carbocycles. The molecular weight excluding hydrogens is 454 g/mol. The van der Waals surface area contributed by atoms with Gasteiger partial charge in [-0.25, -0.2) is 8.42 Å². The number of nitrogens with one attached hydrogen (secondary N) is 1. The summed E-state index contributed by atoms with van der Waals surface area (Å²) in [5, 5.41) is 2.81. The maximum Gasteiger partial charge on any atom is 0.246 e. The number of benzene rings is 2. The topological polar surface area (TPSA) is 96.0 Å². The molecule has 1 atom stereocenters. The summed E-state index contributed by atoms with van der Waals surface area (Å²) in [5.74, 6) is -0.589. The molecule has 34 heavy (non-hydrogen) atoms. The Morgan fingerprint density at radius 1 is 1.12 bits per heavy atom. The van der Waals surface area contributed by atoms with Gasteiger partial charge in [0, 0.05) is 38.3 Å². The van der Waals surface area contributed by atoms with Crippen LogP contribution in [0.2, 0.25) is 0 Å². The molecule has 2 saturated heterocycles. The number of likely N-dealkylation sites (tertiary alicyclic amines) is 1. The highest BCUT2D eigenvalue weighted by atomic mass is 32.2. The normalized spacial score (nSPS) is 18.9. The van der Waals surface area contributed by atoms with Gasteiger partial charge in [0.2, 0.25) is 21.8 Å². The minimum Gasteiger partial charge on any atom is -0.492 e. The highest BCUT2D eigenvalue weighted by molar-refractivity contribution is 7.89. The average molecular weight is 486 g/mol. The van der Waals surface area contributed by atoms with Crippen LogP contribution >= 0.6 is 0 Å². The quantitative estimate of drug-likeness (QED) is 0.620. The summed E-state index contributed by atoms with van der Waals surface area (Å²) in [6.45, 7) is 5.88. The molecule has 8 nitrogen and oxygen atoms in total. The van der Waals surface area contributed by atoms with Crippen LogP contribution in [0.25, 0.3) is 0 Å². The van der Waals surface area contributed by atoms with Crippen molar-refractivity contribution in [2.24, 2.45) is 5.92 Å². The van der Waals surface area contributed by atoms with Gasteiger partial charge >= 0.3 is 0 Å². The molecule has 0 bridgehead atoms. The molecule has 2 aromatic rings. The number of ether oxygens (including phenoxy) is 1. The third kappa shape index (κ3) is 5.26. The van der Waals surface area contributed by atoms with Gasteiger partial charge in [0.05, 0.1) is 12.5 Å². The summed E-state index contributed by atoms with van der Waals surface area (Å²) in [7, 11) is -3.73.